The molecule has 3 heterocycles. The number of benzene rings is 1. The van der Waals surface area contributed by atoms with Gasteiger partial charge in [-0.15, -0.1) is 12.4 Å². The van der Waals surface area contributed by atoms with Crippen LogP contribution in [0.1, 0.15) is 23.3 Å². The van der Waals surface area contributed by atoms with E-state index >= 15 is 0 Å². The molecule has 0 atom stereocenters. The molecule has 5 nitrogen and oxygen atoms in total. The van der Waals surface area contributed by atoms with Gasteiger partial charge in [0, 0.05) is 23.9 Å². The number of halogens is 1. The minimum atomic E-state index is -0.567. The summed E-state index contributed by atoms with van der Waals surface area (Å²) in [5.74, 6) is -0.253. The largest absolute Gasteiger partial charge is 0.434 e. The molecule has 4 rings (SSSR count). The summed E-state index contributed by atoms with van der Waals surface area (Å²) in [5.41, 5.74) is 7.55. The molecule has 6 heteroatoms. The average Bonchev–Trinajstić information content (AvgIpc) is 2.88. The maximum Gasteiger partial charge on any atom is 0.357 e. The number of nitrogens with zero attached hydrogens (tertiary/aromatic N) is 1. The van der Waals surface area contributed by atoms with E-state index in [-0.39, 0.29) is 18.4 Å². The van der Waals surface area contributed by atoms with E-state index in [1.165, 1.54) is 0 Å². The van der Waals surface area contributed by atoms with Gasteiger partial charge in [0.15, 0.2) is 5.72 Å². The van der Waals surface area contributed by atoms with Gasteiger partial charge in [-0.1, -0.05) is 0 Å². The average molecular weight is 295 g/mol. The van der Waals surface area contributed by atoms with Gasteiger partial charge in [0.2, 0.25) is 0 Å². The Kier molecular flexibility index (Phi) is 2.92. The first-order chi connectivity index (χ1) is 9.20. The number of anilines is 1. The lowest BCUT2D eigenvalue weighted by atomic mass is 10.0. The number of hydrogen-bond acceptors (Lipinski definition) is 4. The summed E-state index contributed by atoms with van der Waals surface area (Å²) in [4.78, 5) is 12.1. The molecule has 1 spiro atoms. The molecule has 0 bridgehead atoms. The summed E-state index contributed by atoms with van der Waals surface area (Å²) in [5, 5.41) is 0.984. The van der Waals surface area contributed by atoms with Crippen LogP contribution in [-0.4, -0.2) is 23.8 Å². The maximum absolute atomic E-state index is 12.1. The van der Waals surface area contributed by atoms with Gasteiger partial charge in [-0.2, -0.15) is 0 Å². The van der Waals surface area contributed by atoms with Gasteiger partial charge in [0.05, 0.1) is 18.7 Å². The molecule has 0 aliphatic carbocycles. The van der Waals surface area contributed by atoms with E-state index in [0.29, 0.717) is 37.4 Å². The molecule has 2 aliphatic heterocycles. The Labute approximate surface area is 122 Å². The quantitative estimate of drug-likeness (QED) is 0.598. The SMILES string of the molecule is Cl.Nc1ccc2c(c1)cc1n2C2(CCOCC2)OC1=O. The lowest BCUT2D eigenvalue weighted by Crippen LogP contribution is -2.38. The van der Waals surface area contributed by atoms with Crippen molar-refractivity contribution in [3.8, 4) is 0 Å². The zero-order chi connectivity index (χ0) is 13.0. The lowest BCUT2D eigenvalue weighted by Gasteiger charge is -2.34. The number of esters is 1. The van der Waals surface area contributed by atoms with Gasteiger partial charge in [0.25, 0.3) is 0 Å². The fraction of sp³-hybridized carbons (Fsp3) is 0.357. The Morgan fingerprint density at radius 2 is 1.95 bits per heavy atom. The highest BCUT2D eigenvalue weighted by Gasteiger charge is 2.47. The van der Waals surface area contributed by atoms with Crippen molar-refractivity contribution in [2.24, 2.45) is 0 Å². The number of carbonyl (C=O) groups is 1. The molecule has 106 valence electrons. The molecule has 0 saturated carbocycles. The van der Waals surface area contributed by atoms with Crippen LogP contribution < -0.4 is 5.73 Å². The smallest absolute Gasteiger partial charge is 0.357 e. The standard InChI is InChI=1S/C14H14N2O3.ClH/c15-10-1-2-11-9(7-10)8-12-13(17)19-14(16(11)12)3-5-18-6-4-14;/h1-2,7-8H,3-6,15H2;1H. The molecule has 1 saturated heterocycles. The van der Waals surface area contributed by atoms with Crippen LogP contribution in [-0.2, 0) is 15.2 Å². The van der Waals surface area contributed by atoms with Crippen LogP contribution in [0.25, 0.3) is 10.9 Å². The highest BCUT2D eigenvalue weighted by atomic mass is 35.5. The van der Waals surface area contributed by atoms with Crippen molar-refractivity contribution in [3.05, 3.63) is 30.0 Å². The number of nitrogen functional groups attached to an aromatic ring is 1. The van der Waals surface area contributed by atoms with Crippen LogP contribution in [0.3, 0.4) is 0 Å². The van der Waals surface area contributed by atoms with Crippen LogP contribution in [0.4, 0.5) is 5.69 Å². The molecule has 20 heavy (non-hydrogen) atoms. The topological polar surface area (TPSA) is 66.5 Å². The predicted molar refractivity (Wildman–Crippen MR) is 77.0 cm³/mol. The number of aromatic nitrogens is 1. The zero-order valence-corrected chi connectivity index (χ0v) is 11.6. The second kappa shape index (κ2) is 4.40. The van der Waals surface area contributed by atoms with E-state index in [1.807, 2.05) is 28.8 Å². The molecule has 2 aliphatic rings. The number of rotatable bonds is 0. The van der Waals surface area contributed by atoms with Crippen molar-refractivity contribution >= 4 is 35.0 Å². The fourth-order valence-corrected chi connectivity index (χ4v) is 3.11. The molecular formula is C14H15ClN2O3. The van der Waals surface area contributed by atoms with Gasteiger partial charge in [-0.25, -0.2) is 4.79 Å². The van der Waals surface area contributed by atoms with E-state index in [2.05, 4.69) is 0 Å². The molecule has 0 amide bonds. The Hall–Kier alpha value is -1.72. The molecule has 0 unspecified atom stereocenters. The van der Waals surface area contributed by atoms with Crippen LogP contribution in [0, 0.1) is 0 Å². The van der Waals surface area contributed by atoms with E-state index in [1.54, 1.807) is 0 Å². The monoisotopic (exact) mass is 294 g/mol. The molecule has 1 fully saturated rings. The van der Waals surface area contributed by atoms with Crippen molar-refractivity contribution < 1.29 is 14.3 Å². The minimum absolute atomic E-state index is 0. The first kappa shape index (κ1) is 13.3. The third-order valence-electron chi connectivity index (χ3n) is 4.00. The Morgan fingerprint density at radius 1 is 1.20 bits per heavy atom. The van der Waals surface area contributed by atoms with E-state index in [0.717, 1.165) is 10.9 Å². The van der Waals surface area contributed by atoms with Crippen LogP contribution in [0.2, 0.25) is 0 Å². The molecule has 0 radical (unpaired) electrons. The van der Waals surface area contributed by atoms with Crippen molar-refractivity contribution in [1.82, 2.24) is 4.57 Å². The van der Waals surface area contributed by atoms with E-state index in [9.17, 15) is 4.79 Å². The molecule has 1 aromatic carbocycles. The number of hydrogen-bond donors (Lipinski definition) is 1. The highest BCUT2D eigenvalue weighted by molar-refractivity contribution is 5.98. The maximum atomic E-state index is 12.1. The summed E-state index contributed by atoms with van der Waals surface area (Å²) in [6, 6.07) is 7.55. The summed E-state index contributed by atoms with van der Waals surface area (Å²) in [6.45, 7) is 1.22. The van der Waals surface area contributed by atoms with Gasteiger partial charge >= 0.3 is 5.97 Å². The van der Waals surface area contributed by atoms with Gasteiger partial charge in [-0.05, 0) is 24.3 Å². The second-order valence-corrected chi connectivity index (χ2v) is 5.13. The van der Waals surface area contributed by atoms with Crippen LogP contribution in [0.15, 0.2) is 24.3 Å². The third-order valence-corrected chi connectivity index (χ3v) is 4.00. The minimum Gasteiger partial charge on any atom is -0.434 e. The highest BCUT2D eigenvalue weighted by Crippen LogP contribution is 2.42. The fourth-order valence-electron chi connectivity index (χ4n) is 3.11. The molecule has 2 aromatic rings. The van der Waals surface area contributed by atoms with Crippen molar-refractivity contribution in [1.29, 1.82) is 0 Å². The first-order valence-corrected chi connectivity index (χ1v) is 6.42. The molecule has 2 N–H and O–H groups in total. The number of carbonyl (C=O) groups excluding carboxylic acids is 1. The van der Waals surface area contributed by atoms with E-state index < -0.39 is 5.72 Å². The van der Waals surface area contributed by atoms with E-state index in [4.69, 9.17) is 15.2 Å². The zero-order valence-electron chi connectivity index (χ0n) is 10.8. The summed E-state index contributed by atoms with van der Waals surface area (Å²) < 4.78 is 13.1. The number of ether oxygens (including phenoxy) is 2. The molecule has 1 aromatic heterocycles. The van der Waals surface area contributed by atoms with Crippen molar-refractivity contribution in [3.63, 3.8) is 0 Å². The predicted octanol–water partition coefficient (Wildman–Crippen LogP) is 2.28. The number of nitrogens with two attached hydrogens (primary N) is 1. The second-order valence-electron chi connectivity index (χ2n) is 5.13. The lowest BCUT2D eigenvalue weighted by molar-refractivity contribution is -0.108. The first-order valence-electron chi connectivity index (χ1n) is 6.42. The van der Waals surface area contributed by atoms with Crippen LogP contribution >= 0.6 is 12.4 Å². The number of fused-ring (bicyclic) bond motifs is 4. The Bertz CT molecular complexity index is 689. The van der Waals surface area contributed by atoms with Crippen molar-refractivity contribution in [2.75, 3.05) is 18.9 Å². The van der Waals surface area contributed by atoms with Gasteiger partial charge in [-0.3, -0.25) is 4.57 Å². The van der Waals surface area contributed by atoms with Gasteiger partial charge in [0.1, 0.15) is 5.69 Å². The van der Waals surface area contributed by atoms with Crippen LogP contribution in [0.5, 0.6) is 0 Å². The Balaban J connectivity index is 0.00000121. The normalized spacial score (nSPS) is 19.7. The summed E-state index contributed by atoms with van der Waals surface area (Å²) >= 11 is 0. The summed E-state index contributed by atoms with van der Waals surface area (Å²) in [6.07, 6.45) is 1.39. The summed E-state index contributed by atoms with van der Waals surface area (Å²) in [7, 11) is 0. The Morgan fingerprint density at radius 3 is 2.70 bits per heavy atom. The van der Waals surface area contributed by atoms with Crippen molar-refractivity contribution in [2.45, 2.75) is 18.6 Å². The molecular weight excluding hydrogens is 280 g/mol. The van der Waals surface area contributed by atoms with Gasteiger partial charge < -0.3 is 15.2 Å². The third kappa shape index (κ3) is 1.63.